The summed E-state index contributed by atoms with van der Waals surface area (Å²) in [5.41, 5.74) is 0.826. The van der Waals surface area contributed by atoms with E-state index in [9.17, 15) is 4.79 Å². The second-order valence-electron chi connectivity index (χ2n) is 6.21. The number of benzene rings is 1. The number of hydrogen-bond acceptors (Lipinski definition) is 9. The van der Waals surface area contributed by atoms with Crippen molar-refractivity contribution in [2.45, 2.75) is 31.5 Å². The lowest BCUT2D eigenvalue weighted by Crippen LogP contribution is -2.19. The molecule has 0 saturated heterocycles. The third-order valence-corrected chi connectivity index (χ3v) is 5.71. The summed E-state index contributed by atoms with van der Waals surface area (Å²) < 4.78 is 12.1. The number of hydrogen-bond donors (Lipinski definition) is 1. The molecule has 0 saturated carbocycles. The number of anilines is 1. The van der Waals surface area contributed by atoms with Crippen LogP contribution < -0.4 is 10.1 Å². The number of nitrogens with one attached hydrogen (secondary N) is 1. The Morgan fingerprint density at radius 3 is 2.89 bits per heavy atom. The normalized spacial score (nSPS) is 12.5. The van der Waals surface area contributed by atoms with E-state index >= 15 is 0 Å². The molecule has 1 amide bonds. The van der Waals surface area contributed by atoms with Crippen LogP contribution in [-0.2, 0) is 4.79 Å². The topological polar surface area (TPSA) is 93.4 Å². The Hall–Kier alpha value is -2.17. The first-order valence-corrected chi connectivity index (χ1v) is 10.8. The molecule has 2 heterocycles. The molecule has 0 radical (unpaired) electrons. The van der Waals surface area contributed by atoms with Crippen LogP contribution in [0.15, 0.2) is 27.8 Å². The molecule has 0 bridgehead atoms. The smallest absolute Gasteiger partial charge is 0.277 e. The first-order chi connectivity index (χ1) is 13.5. The van der Waals surface area contributed by atoms with Crippen LogP contribution in [0.1, 0.15) is 32.2 Å². The minimum atomic E-state index is -0.173. The molecule has 1 N–H and O–H groups in total. The van der Waals surface area contributed by atoms with Gasteiger partial charge in [-0.2, -0.15) is 0 Å². The minimum Gasteiger partial charge on any atom is -0.494 e. The van der Waals surface area contributed by atoms with Gasteiger partial charge in [-0.1, -0.05) is 30.0 Å². The van der Waals surface area contributed by atoms with Crippen molar-refractivity contribution in [2.24, 2.45) is 0 Å². The Balaban J connectivity index is 1.57. The highest BCUT2D eigenvalue weighted by Crippen LogP contribution is 2.30. The van der Waals surface area contributed by atoms with Gasteiger partial charge >= 0.3 is 0 Å². The van der Waals surface area contributed by atoms with Gasteiger partial charge in [0.1, 0.15) is 5.75 Å². The number of carbonyl (C=O) groups is 1. The second kappa shape index (κ2) is 9.35. The zero-order chi connectivity index (χ0) is 20.1. The summed E-state index contributed by atoms with van der Waals surface area (Å²) in [5, 5.41) is 11.9. The van der Waals surface area contributed by atoms with Crippen molar-refractivity contribution in [3.05, 3.63) is 24.1 Å². The number of thioether (sulfide) groups is 1. The molecule has 0 aliphatic carbocycles. The molecule has 0 unspecified atom stereocenters. The number of thiazole rings is 1. The monoisotopic (exact) mass is 421 g/mol. The van der Waals surface area contributed by atoms with E-state index in [0.29, 0.717) is 22.9 Å². The summed E-state index contributed by atoms with van der Waals surface area (Å²) in [6.07, 6.45) is 0.863. The Labute approximate surface area is 171 Å². The van der Waals surface area contributed by atoms with Crippen molar-refractivity contribution in [2.75, 3.05) is 31.8 Å². The largest absolute Gasteiger partial charge is 0.494 e. The van der Waals surface area contributed by atoms with Crippen LogP contribution in [0.3, 0.4) is 0 Å². The van der Waals surface area contributed by atoms with Crippen LogP contribution in [0.25, 0.3) is 10.2 Å². The van der Waals surface area contributed by atoms with Gasteiger partial charge in [0.05, 0.1) is 28.6 Å². The Morgan fingerprint density at radius 1 is 1.36 bits per heavy atom. The Bertz CT molecular complexity index is 940. The zero-order valence-corrected chi connectivity index (χ0v) is 17.9. The molecule has 10 heteroatoms. The quantitative estimate of drug-likeness (QED) is 0.521. The van der Waals surface area contributed by atoms with Gasteiger partial charge in [-0.05, 0) is 45.6 Å². The highest BCUT2D eigenvalue weighted by Gasteiger charge is 2.19. The Kier molecular flexibility index (Phi) is 6.87. The number of carbonyl (C=O) groups excluding carboxylic acids is 1. The average Bonchev–Trinajstić information content (AvgIpc) is 3.27. The molecule has 0 aliphatic rings. The highest BCUT2D eigenvalue weighted by molar-refractivity contribution is 7.99. The molecule has 0 aliphatic heterocycles. The van der Waals surface area contributed by atoms with Crippen LogP contribution in [0, 0.1) is 0 Å². The summed E-state index contributed by atoms with van der Waals surface area (Å²) in [7, 11) is 3.93. The van der Waals surface area contributed by atoms with Gasteiger partial charge in [0.2, 0.25) is 11.8 Å². The third kappa shape index (κ3) is 5.00. The lowest BCUT2D eigenvalue weighted by Gasteiger charge is -2.18. The first-order valence-electron chi connectivity index (χ1n) is 8.96. The third-order valence-electron chi connectivity index (χ3n) is 3.96. The SMILES string of the molecule is CCOc1ccc2nc(NC(=O)CSc3nnc([C@H](CC)N(C)C)o3)sc2c1. The molecule has 0 fully saturated rings. The van der Waals surface area contributed by atoms with Gasteiger partial charge < -0.3 is 14.5 Å². The maximum absolute atomic E-state index is 12.2. The van der Waals surface area contributed by atoms with Crippen molar-refractivity contribution >= 4 is 44.4 Å². The molecule has 3 rings (SSSR count). The van der Waals surface area contributed by atoms with E-state index in [2.05, 4.69) is 27.4 Å². The van der Waals surface area contributed by atoms with Gasteiger partial charge in [0.15, 0.2) is 5.13 Å². The number of rotatable bonds is 9. The maximum atomic E-state index is 12.2. The van der Waals surface area contributed by atoms with E-state index in [0.717, 1.165) is 22.4 Å². The summed E-state index contributed by atoms with van der Waals surface area (Å²) in [4.78, 5) is 18.7. The van der Waals surface area contributed by atoms with E-state index < -0.39 is 0 Å². The average molecular weight is 422 g/mol. The number of nitrogens with zero attached hydrogens (tertiary/aromatic N) is 4. The minimum absolute atomic E-state index is 0.0694. The van der Waals surface area contributed by atoms with Crippen LogP contribution in [0.5, 0.6) is 5.75 Å². The molecule has 150 valence electrons. The second-order valence-corrected chi connectivity index (χ2v) is 8.17. The van der Waals surface area contributed by atoms with Crippen LogP contribution in [-0.4, -0.2) is 52.4 Å². The summed E-state index contributed by atoms with van der Waals surface area (Å²) >= 11 is 2.62. The fourth-order valence-electron chi connectivity index (χ4n) is 2.67. The molecule has 1 aromatic carbocycles. The number of ether oxygens (including phenoxy) is 1. The van der Waals surface area contributed by atoms with Crippen molar-refractivity contribution in [3.8, 4) is 5.75 Å². The van der Waals surface area contributed by atoms with Crippen molar-refractivity contribution in [3.63, 3.8) is 0 Å². The number of amides is 1. The van der Waals surface area contributed by atoms with Gasteiger partial charge in [-0.25, -0.2) is 4.98 Å². The lowest BCUT2D eigenvalue weighted by atomic mass is 10.2. The van der Waals surface area contributed by atoms with E-state index in [1.54, 1.807) is 0 Å². The van der Waals surface area contributed by atoms with Crippen LogP contribution in [0.4, 0.5) is 5.13 Å². The molecule has 28 heavy (non-hydrogen) atoms. The van der Waals surface area contributed by atoms with Gasteiger partial charge in [0, 0.05) is 0 Å². The molecule has 3 aromatic rings. The molecule has 0 spiro atoms. The fraction of sp³-hybridized carbons (Fsp3) is 0.444. The van der Waals surface area contributed by atoms with E-state index in [4.69, 9.17) is 9.15 Å². The summed E-state index contributed by atoms with van der Waals surface area (Å²) in [6, 6.07) is 5.75. The van der Waals surface area contributed by atoms with Crippen molar-refractivity contribution in [1.29, 1.82) is 0 Å². The van der Waals surface area contributed by atoms with E-state index in [1.165, 1.54) is 23.1 Å². The molecule has 2 aromatic heterocycles. The van der Waals surface area contributed by atoms with Gasteiger partial charge in [-0.15, -0.1) is 10.2 Å². The molecule has 1 atom stereocenters. The first kappa shape index (κ1) is 20.6. The number of aromatic nitrogens is 3. The summed E-state index contributed by atoms with van der Waals surface area (Å²) in [5.74, 6) is 1.35. The lowest BCUT2D eigenvalue weighted by molar-refractivity contribution is -0.113. The zero-order valence-electron chi connectivity index (χ0n) is 16.3. The van der Waals surface area contributed by atoms with Gasteiger partial charge in [0.25, 0.3) is 5.22 Å². The van der Waals surface area contributed by atoms with Crippen LogP contribution in [0.2, 0.25) is 0 Å². The maximum Gasteiger partial charge on any atom is 0.277 e. The summed E-state index contributed by atoms with van der Waals surface area (Å²) in [6.45, 7) is 4.61. The van der Waals surface area contributed by atoms with Crippen molar-refractivity contribution in [1.82, 2.24) is 20.1 Å². The molecular weight excluding hydrogens is 398 g/mol. The van der Waals surface area contributed by atoms with E-state index in [1.807, 2.05) is 44.1 Å². The van der Waals surface area contributed by atoms with Crippen molar-refractivity contribution < 1.29 is 13.9 Å². The fourth-order valence-corrected chi connectivity index (χ4v) is 4.15. The standard InChI is InChI=1S/C18H23N5O3S2/c1-5-13(23(3)4)16-21-22-18(26-16)27-10-15(24)20-17-19-12-8-7-11(25-6-2)9-14(12)28-17/h7-9,13H,5-6,10H2,1-4H3,(H,19,20,24)/t13-/m0/s1. The predicted molar refractivity (Wildman–Crippen MR) is 111 cm³/mol. The number of fused-ring (bicyclic) bond motifs is 1. The van der Waals surface area contributed by atoms with Gasteiger partial charge in [-0.3, -0.25) is 9.69 Å². The molecular formula is C18H23N5O3S2. The molecule has 8 nitrogen and oxygen atoms in total. The highest BCUT2D eigenvalue weighted by atomic mass is 32.2. The van der Waals surface area contributed by atoms with E-state index in [-0.39, 0.29) is 17.7 Å². The Morgan fingerprint density at radius 2 is 2.18 bits per heavy atom. The van der Waals surface area contributed by atoms with Crippen LogP contribution >= 0.6 is 23.1 Å². The predicted octanol–water partition coefficient (Wildman–Crippen LogP) is 3.82.